The van der Waals surface area contributed by atoms with E-state index in [0.29, 0.717) is 11.5 Å². The third-order valence-electron chi connectivity index (χ3n) is 2.86. The Morgan fingerprint density at radius 3 is 2.70 bits per heavy atom. The lowest BCUT2D eigenvalue weighted by molar-refractivity contribution is 0.374. The molecule has 2 heterocycles. The first-order valence-corrected chi connectivity index (χ1v) is 7.94. The maximum absolute atomic E-state index is 13.5. The SMILES string of the molecule is Cc1cc(-c2noc(CNS(=O)(=O)c3ccccc3F)n2)no1. The zero-order valence-corrected chi connectivity index (χ0v) is 12.7. The molecule has 8 nitrogen and oxygen atoms in total. The summed E-state index contributed by atoms with van der Waals surface area (Å²) in [5.74, 6) is -0.0848. The molecule has 1 aromatic carbocycles. The van der Waals surface area contributed by atoms with E-state index in [0.717, 1.165) is 12.1 Å². The third-order valence-corrected chi connectivity index (χ3v) is 4.30. The second-order valence-electron chi connectivity index (χ2n) is 4.59. The van der Waals surface area contributed by atoms with Crippen molar-refractivity contribution in [3.63, 3.8) is 0 Å². The Balaban J connectivity index is 1.74. The molecule has 0 spiro atoms. The number of sulfonamides is 1. The predicted molar refractivity (Wildman–Crippen MR) is 75.0 cm³/mol. The number of nitrogens with zero attached hydrogens (tertiary/aromatic N) is 3. The molecule has 0 aliphatic carbocycles. The maximum Gasteiger partial charge on any atom is 0.243 e. The highest BCUT2D eigenvalue weighted by Crippen LogP contribution is 2.16. The van der Waals surface area contributed by atoms with Crippen molar-refractivity contribution >= 4 is 10.0 Å². The average Bonchev–Trinajstić information content (AvgIpc) is 3.14. The third kappa shape index (κ3) is 3.27. The number of hydrogen-bond donors (Lipinski definition) is 1. The van der Waals surface area contributed by atoms with Gasteiger partial charge in [0.2, 0.25) is 21.7 Å². The molecule has 0 aliphatic rings. The van der Waals surface area contributed by atoms with E-state index in [1.165, 1.54) is 12.1 Å². The Labute approximate surface area is 130 Å². The van der Waals surface area contributed by atoms with Gasteiger partial charge in [0.15, 0.2) is 5.69 Å². The van der Waals surface area contributed by atoms with Gasteiger partial charge >= 0.3 is 0 Å². The molecular formula is C13H11FN4O4S. The van der Waals surface area contributed by atoms with Gasteiger partial charge in [0, 0.05) is 6.07 Å². The lowest BCUT2D eigenvalue weighted by atomic mass is 10.4. The highest BCUT2D eigenvalue weighted by molar-refractivity contribution is 7.89. The van der Waals surface area contributed by atoms with E-state index < -0.39 is 20.7 Å². The van der Waals surface area contributed by atoms with Gasteiger partial charge in [-0.1, -0.05) is 22.4 Å². The summed E-state index contributed by atoms with van der Waals surface area (Å²) in [7, 11) is -4.03. The molecule has 3 rings (SSSR count). The van der Waals surface area contributed by atoms with Crippen LogP contribution in [-0.2, 0) is 16.6 Å². The molecule has 0 fully saturated rings. The van der Waals surface area contributed by atoms with Crippen molar-refractivity contribution in [1.29, 1.82) is 0 Å². The summed E-state index contributed by atoms with van der Waals surface area (Å²) >= 11 is 0. The van der Waals surface area contributed by atoms with E-state index in [4.69, 9.17) is 9.05 Å². The van der Waals surface area contributed by atoms with Gasteiger partial charge in [-0.05, 0) is 19.1 Å². The number of benzene rings is 1. The molecule has 2 aromatic heterocycles. The summed E-state index contributed by atoms with van der Waals surface area (Å²) in [6, 6.07) is 6.66. The highest BCUT2D eigenvalue weighted by Gasteiger charge is 2.20. The molecule has 0 bridgehead atoms. The Morgan fingerprint density at radius 1 is 1.22 bits per heavy atom. The molecule has 0 atom stereocenters. The summed E-state index contributed by atoms with van der Waals surface area (Å²) in [6.45, 7) is 1.43. The lowest BCUT2D eigenvalue weighted by Crippen LogP contribution is -2.24. The molecule has 0 saturated carbocycles. The van der Waals surface area contributed by atoms with Crippen molar-refractivity contribution in [2.75, 3.05) is 0 Å². The van der Waals surface area contributed by atoms with Crippen LogP contribution in [0.4, 0.5) is 4.39 Å². The van der Waals surface area contributed by atoms with Gasteiger partial charge in [-0.25, -0.2) is 17.5 Å². The van der Waals surface area contributed by atoms with Crippen molar-refractivity contribution in [1.82, 2.24) is 20.0 Å². The van der Waals surface area contributed by atoms with Crippen LogP contribution in [0.2, 0.25) is 0 Å². The molecule has 0 radical (unpaired) electrons. The van der Waals surface area contributed by atoms with Gasteiger partial charge in [-0.15, -0.1) is 0 Å². The smallest absolute Gasteiger partial charge is 0.243 e. The van der Waals surface area contributed by atoms with E-state index in [9.17, 15) is 12.8 Å². The van der Waals surface area contributed by atoms with Crippen molar-refractivity contribution in [2.45, 2.75) is 18.4 Å². The normalized spacial score (nSPS) is 11.7. The number of hydrogen-bond acceptors (Lipinski definition) is 7. The number of halogens is 1. The largest absolute Gasteiger partial charge is 0.361 e. The second-order valence-corrected chi connectivity index (χ2v) is 6.32. The molecule has 120 valence electrons. The minimum Gasteiger partial charge on any atom is -0.361 e. The fourth-order valence-electron chi connectivity index (χ4n) is 1.80. The molecular weight excluding hydrogens is 327 g/mol. The topological polar surface area (TPSA) is 111 Å². The average molecular weight is 338 g/mol. The van der Waals surface area contributed by atoms with Gasteiger partial charge in [0.1, 0.15) is 16.5 Å². The van der Waals surface area contributed by atoms with E-state index in [1.807, 2.05) is 0 Å². The molecule has 23 heavy (non-hydrogen) atoms. The van der Waals surface area contributed by atoms with Crippen molar-refractivity contribution in [3.05, 3.63) is 47.8 Å². The summed E-state index contributed by atoms with van der Waals surface area (Å²) in [6.07, 6.45) is 0. The van der Waals surface area contributed by atoms with E-state index >= 15 is 0 Å². The Hall–Kier alpha value is -2.59. The van der Waals surface area contributed by atoms with E-state index in [-0.39, 0.29) is 18.3 Å². The minimum absolute atomic E-state index is 0.0144. The zero-order valence-electron chi connectivity index (χ0n) is 11.9. The monoisotopic (exact) mass is 338 g/mol. The van der Waals surface area contributed by atoms with Gasteiger partial charge < -0.3 is 9.05 Å². The molecule has 0 amide bonds. The molecule has 3 aromatic rings. The van der Waals surface area contributed by atoms with Gasteiger partial charge in [0.25, 0.3) is 0 Å². The minimum atomic E-state index is -4.03. The number of aryl methyl sites for hydroxylation is 1. The molecule has 0 aliphatic heterocycles. The molecule has 0 unspecified atom stereocenters. The van der Waals surface area contributed by atoms with Gasteiger partial charge in [-0.2, -0.15) is 4.98 Å². The highest BCUT2D eigenvalue weighted by atomic mass is 32.2. The Morgan fingerprint density at radius 2 is 2.00 bits per heavy atom. The Kier molecular flexibility index (Phi) is 3.92. The van der Waals surface area contributed by atoms with Crippen molar-refractivity contribution in [3.8, 4) is 11.5 Å². The van der Waals surface area contributed by atoms with Crippen LogP contribution in [0.1, 0.15) is 11.7 Å². The van der Waals surface area contributed by atoms with Crippen LogP contribution in [0.5, 0.6) is 0 Å². The summed E-state index contributed by atoms with van der Waals surface area (Å²) < 4.78 is 49.6. The van der Waals surface area contributed by atoms with Crippen LogP contribution in [0.3, 0.4) is 0 Å². The first kappa shape index (κ1) is 15.3. The van der Waals surface area contributed by atoms with Crippen LogP contribution < -0.4 is 4.72 Å². The quantitative estimate of drug-likeness (QED) is 0.753. The van der Waals surface area contributed by atoms with Crippen LogP contribution in [0.25, 0.3) is 11.5 Å². The van der Waals surface area contributed by atoms with Crippen LogP contribution in [-0.4, -0.2) is 23.7 Å². The lowest BCUT2D eigenvalue weighted by Gasteiger charge is -2.05. The second kappa shape index (κ2) is 5.89. The molecule has 10 heteroatoms. The summed E-state index contributed by atoms with van der Waals surface area (Å²) in [5.41, 5.74) is 0.370. The maximum atomic E-state index is 13.5. The first-order valence-electron chi connectivity index (χ1n) is 6.46. The summed E-state index contributed by atoms with van der Waals surface area (Å²) in [5, 5.41) is 7.39. The number of nitrogens with one attached hydrogen (secondary N) is 1. The molecule has 0 saturated heterocycles. The first-order chi connectivity index (χ1) is 11.0. The van der Waals surface area contributed by atoms with Crippen LogP contribution in [0.15, 0.2) is 44.3 Å². The number of rotatable bonds is 5. The van der Waals surface area contributed by atoms with E-state index in [1.54, 1.807) is 13.0 Å². The number of aromatic nitrogens is 3. The van der Waals surface area contributed by atoms with Crippen LogP contribution in [0, 0.1) is 12.7 Å². The summed E-state index contributed by atoms with van der Waals surface area (Å²) in [4.78, 5) is 3.54. The van der Waals surface area contributed by atoms with Gasteiger partial charge in [-0.3, -0.25) is 0 Å². The predicted octanol–water partition coefficient (Wildman–Crippen LogP) is 1.65. The van der Waals surface area contributed by atoms with Crippen LogP contribution >= 0.6 is 0 Å². The van der Waals surface area contributed by atoms with Gasteiger partial charge in [0.05, 0.1) is 6.54 Å². The van der Waals surface area contributed by atoms with E-state index in [2.05, 4.69) is 20.0 Å². The fraction of sp³-hybridized carbons (Fsp3) is 0.154. The van der Waals surface area contributed by atoms with Crippen molar-refractivity contribution < 1.29 is 21.9 Å². The zero-order chi connectivity index (χ0) is 16.4. The van der Waals surface area contributed by atoms with Crippen molar-refractivity contribution in [2.24, 2.45) is 0 Å². The standard InChI is InChI=1S/C13H11FN4O4S/c1-8-6-10(17-21-8)13-16-12(22-18-13)7-15-23(19,20)11-5-3-2-4-9(11)14/h2-6,15H,7H2,1H3. The Bertz CT molecular complexity index is 935. The molecule has 1 N–H and O–H groups in total. The fourth-order valence-corrected chi connectivity index (χ4v) is 2.85.